The molecule has 3 N–H and O–H groups in total. The van der Waals surface area contributed by atoms with Crippen LogP contribution in [0, 0.1) is 0 Å². The van der Waals surface area contributed by atoms with Crippen LogP contribution in [-0.2, 0) is 4.43 Å². The Morgan fingerprint density at radius 3 is 1.77 bits per heavy atom. The molecule has 1 aliphatic rings. The fourth-order valence-corrected chi connectivity index (χ4v) is 9.04. The Labute approximate surface area is 158 Å². The molecule has 140 valence electrons. The Balaban J connectivity index is 2.19. The summed E-state index contributed by atoms with van der Waals surface area (Å²) in [4.78, 5) is 0. The van der Waals surface area contributed by atoms with Gasteiger partial charge in [0.15, 0.2) is 0 Å². The summed E-state index contributed by atoms with van der Waals surface area (Å²) >= 11 is 0. The Morgan fingerprint density at radius 2 is 1.42 bits per heavy atom. The number of benzene rings is 2. The van der Waals surface area contributed by atoms with Crippen molar-refractivity contribution >= 4 is 18.7 Å². The van der Waals surface area contributed by atoms with Gasteiger partial charge in [-0.05, 0) is 35.2 Å². The van der Waals surface area contributed by atoms with Gasteiger partial charge in [-0.15, -0.1) is 0 Å². The maximum atomic E-state index is 11.0. The summed E-state index contributed by atoms with van der Waals surface area (Å²) in [5, 5.41) is 13.4. The van der Waals surface area contributed by atoms with Gasteiger partial charge in [-0.25, -0.2) is 0 Å². The predicted octanol–water partition coefficient (Wildman–Crippen LogP) is 2.80. The normalized spacial score (nSPS) is 26.8. The second-order valence-electron chi connectivity index (χ2n) is 8.68. The van der Waals surface area contributed by atoms with Gasteiger partial charge >= 0.3 is 0 Å². The second-order valence-corrected chi connectivity index (χ2v) is 12.9. The standard InChI is InChI=1S/C22H31NO2Si/c1-21(2,3)26(17-11-7-5-8-12-17,18-13-9-6-10-14-18)25-20-16-15-19(23)22(20,4)24/h5-14,19-20,24H,15-16,23H2,1-4H3. The number of nitrogens with two attached hydrogens (primary N) is 1. The van der Waals surface area contributed by atoms with Crippen molar-refractivity contribution in [3.8, 4) is 0 Å². The van der Waals surface area contributed by atoms with Gasteiger partial charge in [-0.1, -0.05) is 81.4 Å². The fourth-order valence-electron chi connectivity index (χ4n) is 4.24. The average molecular weight is 370 g/mol. The van der Waals surface area contributed by atoms with Crippen LogP contribution >= 0.6 is 0 Å². The van der Waals surface area contributed by atoms with Gasteiger partial charge in [0.25, 0.3) is 8.32 Å². The van der Waals surface area contributed by atoms with Crippen molar-refractivity contribution in [2.45, 2.75) is 63.3 Å². The number of hydrogen-bond acceptors (Lipinski definition) is 3. The lowest BCUT2D eigenvalue weighted by atomic mass is 9.99. The van der Waals surface area contributed by atoms with Gasteiger partial charge < -0.3 is 15.3 Å². The molecule has 0 aromatic heterocycles. The first-order valence-corrected chi connectivity index (χ1v) is 11.4. The molecular weight excluding hydrogens is 338 g/mol. The Morgan fingerprint density at radius 1 is 0.962 bits per heavy atom. The highest BCUT2D eigenvalue weighted by Gasteiger charge is 2.55. The first-order valence-electron chi connectivity index (χ1n) is 9.46. The van der Waals surface area contributed by atoms with Crippen molar-refractivity contribution in [2.75, 3.05) is 0 Å². The molecule has 3 rings (SSSR count). The molecule has 0 spiro atoms. The van der Waals surface area contributed by atoms with Gasteiger partial charge in [0.2, 0.25) is 0 Å². The highest BCUT2D eigenvalue weighted by molar-refractivity contribution is 6.99. The third kappa shape index (κ3) is 3.16. The maximum Gasteiger partial charge on any atom is 0.261 e. The van der Waals surface area contributed by atoms with E-state index in [0.717, 1.165) is 12.8 Å². The molecule has 0 saturated heterocycles. The second kappa shape index (κ2) is 6.93. The molecular formula is C22H31NO2Si. The first kappa shape index (κ1) is 19.3. The number of aliphatic hydroxyl groups is 1. The molecule has 0 heterocycles. The van der Waals surface area contributed by atoms with Crippen LogP contribution in [0.3, 0.4) is 0 Å². The van der Waals surface area contributed by atoms with Crippen LogP contribution in [0.5, 0.6) is 0 Å². The molecule has 3 unspecified atom stereocenters. The lowest BCUT2D eigenvalue weighted by molar-refractivity contribution is -0.0392. The summed E-state index contributed by atoms with van der Waals surface area (Å²) in [7, 11) is -2.65. The van der Waals surface area contributed by atoms with Crippen LogP contribution in [0.4, 0.5) is 0 Å². The summed E-state index contributed by atoms with van der Waals surface area (Å²) < 4.78 is 7.03. The smallest absolute Gasteiger partial charge is 0.261 e. The Bertz CT molecular complexity index is 685. The van der Waals surface area contributed by atoms with Crippen molar-refractivity contribution in [3.05, 3.63) is 60.7 Å². The third-order valence-corrected chi connectivity index (χ3v) is 10.9. The maximum absolute atomic E-state index is 11.0. The topological polar surface area (TPSA) is 55.5 Å². The lowest BCUT2D eigenvalue weighted by Crippen LogP contribution is -2.69. The van der Waals surface area contributed by atoms with Crippen LogP contribution in [0.15, 0.2) is 60.7 Å². The van der Waals surface area contributed by atoms with Crippen LogP contribution in [0.2, 0.25) is 5.04 Å². The minimum Gasteiger partial charge on any atom is -0.401 e. The minimum absolute atomic E-state index is 0.0987. The van der Waals surface area contributed by atoms with Crippen LogP contribution in [-0.4, -0.2) is 31.2 Å². The Kier molecular flexibility index (Phi) is 5.14. The summed E-state index contributed by atoms with van der Waals surface area (Å²) in [5.41, 5.74) is 5.19. The zero-order chi connectivity index (χ0) is 19.0. The summed E-state index contributed by atoms with van der Waals surface area (Å²) in [6.07, 6.45) is 1.32. The van der Waals surface area contributed by atoms with Crippen molar-refractivity contribution in [2.24, 2.45) is 5.73 Å². The number of rotatable bonds is 4. The summed E-state index contributed by atoms with van der Waals surface area (Å²) in [6.45, 7) is 8.58. The third-order valence-electron chi connectivity index (χ3n) is 5.88. The highest BCUT2D eigenvalue weighted by Crippen LogP contribution is 2.41. The molecule has 1 saturated carbocycles. The van der Waals surface area contributed by atoms with Crippen LogP contribution in [0.25, 0.3) is 0 Å². The van der Waals surface area contributed by atoms with E-state index in [1.165, 1.54) is 10.4 Å². The minimum atomic E-state index is -2.65. The van der Waals surface area contributed by atoms with Gasteiger partial charge in [0.05, 0.1) is 6.10 Å². The van der Waals surface area contributed by atoms with Gasteiger partial charge in [-0.2, -0.15) is 0 Å². The SMILES string of the molecule is CC1(O)C(N)CCC1O[Si](c1ccccc1)(c1ccccc1)C(C)(C)C. The summed E-state index contributed by atoms with van der Waals surface area (Å²) in [5.74, 6) is 0. The molecule has 0 aliphatic heterocycles. The zero-order valence-corrected chi connectivity index (χ0v) is 17.3. The molecule has 2 aromatic carbocycles. The molecule has 1 aliphatic carbocycles. The molecule has 1 fully saturated rings. The Hall–Kier alpha value is -1.46. The van der Waals surface area contributed by atoms with Gasteiger partial charge in [0.1, 0.15) is 5.60 Å². The van der Waals surface area contributed by atoms with Gasteiger partial charge in [0, 0.05) is 6.04 Å². The molecule has 2 aromatic rings. The quantitative estimate of drug-likeness (QED) is 0.815. The molecule has 3 nitrogen and oxygen atoms in total. The predicted molar refractivity (Wildman–Crippen MR) is 110 cm³/mol. The van der Waals surface area contributed by atoms with E-state index in [1.807, 2.05) is 19.1 Å². The van der Waals surface area contributed by atoms with E-state index in [0.29, 0.717) is 0 Å². The van der Waals surface area contributed by atoms with E-state index >= 15 is 0 Å². The van der Waals surface area contributed by atoms with E-state index in [2.05, 4.69) is 69.3 Å². The van der Waals surface area contributed by atoms with Crippen LogP contribution < -0.4 is 16.1 Å². The zero-order valence-electron chi connectivity index (χ0n) is 16.3. The average Bonchev–Trinajstić information content (AvgIpc) is 2.86. The first-order chi connectivity index (χ1) is 12.2. The largest absolute Gasteiger partial charge is 0.401 e. The molecule has 0 radical (unpaired) electrons. The fraction of sp³-hybridized carbons (Fsp3) is 0.455. The van der Waals surface area contributed by atoms with E-state index in [4.69, 9.17) is 10.2 Å². The molecule has 26 heavy (non-hydrogen) atoms. The van der Waals surface area contributed by atoms with Gasteiger partial charge in [-0.3, -0.25) is 0 Å². The monoisotopic (exact) mass is 369 g/mol. The lowest BCUT2D eigenvalue weighted by Gasteiger charge is -2.46. The van der Waals surface area contributed by atoms with Crippen molar-refractivity contribution in [1.82, 2.24) is 0 Å². The molecule has 0 amide bonds. The molecule has 0 bridgehead atoms. The van der Waals surface area contributed by atoms with E-state index in [-0.39, 0.29) is 17.2 Å². The molecule has 4 heteroatoms. The highest BCUT2D eigenvalue weighted by atomic mass is 28.4. The van der Waals surface area contributed by atoms with Crippen molar-refractivity contribution < 1.29 is 9.53 Å². The molecule has 3 atom stereocenters. The van der Waals surface area contributed by atoms with Crippen LogP contribution in [0.1, 0.15) is 40.5 Å². The number of hydrogen-bond donors (Lipinski definition) is 2. The van der Waals surface area contributed by atoms with E-state index in [9.17, 15) is 5.11 Å². The van der Waals surface area contributed by atoms with Crippen molar-refractivity contribution in [1.29, 1.82) is 0 Å². The van der Waals surface area contributed by atoms with E-state index in [1.54, 1.807) is 0 Å². The summed E-state index contributed by atoms with van der Waals surface area (Å²) in [6, 6.07) is 20.8. The van der Waals surface area contributed by atoms with Crippen molar-refractivity contribution in [3.63, 3.8) is 0 Å². The van der Waals surface area contributed by atoms with E-state index < -0.39 is 13.9 Å².